The van der Waals surface area contributed by atoms with E-state index in [1.165, 1.54) is 0 Å². The molecule has 0 bridgehead atoms. The molecule has 0 radical (unpaired) electrons. The van der Waals surface area contributed by atoms with Crippen LogP contribution >= 0.6 is 27.5 Å². The zero-order valence-corrected chi connectivity index (χ0v) is 11.3. The lowest BCUT2D eigenvalue weighted by Crippen LogP contribution is -2.04. The van der Waals surface area contributed by atoms with E-state index >= 15 is 0 Å². The van der Waals surface area contributed by atoms with Crippen LogP contribution in [-0.4, -0.2) is 4.98 Å². The van der Waals surface area contributed by atoms with Crippen molar-refractivity contribution < 1.29 is 0 Å². The second-order valence-corrected chi connectivity index (χ2v) is 4.86. The van der Waals surface area contributed by atoms with E-state index < -0.39 is 0 Å². The maximum absolute atomic E-state index is 6.05. The summed E-state index contributed by atoms with van der Waals surface area (Å²) < 4.78 is 0.854. The van der Waals surface area contributed by atoms with Crippen molar-refractivity contribution in [3.8, 4) is 0 Å². The summed E-state index contributed by atoms with van der Waals surface area (Å²) in [5.74, 6) is 0.651. The average Bonchev–Trinajstić information content (AvgIpc) is 2.30. The van der Waals surface area contributed by atoms with Crippen LogP contribution in [0.1, 0.15) is 5.56 Å². The highest BCUT2D eigenvalue weighted by atomic mass is 79.9. The molecule has 0 unspecified atom stereocenters. The Morgan fingerprint density at radius 3 is 2.82 bits per heavy atom. The van der Waals surface area contributed by atoms with Crippen molar-refractivity contribution in [1.82, 2.24) is 4.98 Å². The van der Waals surface area contributed by atoms with Crippen LogP contribution in [0.15, 0.2) is 41.0 Å². The fourth-order valence-electron chi connectivity index (χ4n) is 1.42. The highest BCUT2D eigenvalue weighted by Crippen LogP contribution is 2.23. The molecule has 2 rings (SSSR count). The van der Waals surface area contributed by atoms with Gasteiger partial charge in [-0.15, -0.1) is 0 Å². The minimum Gasteiger partial charge on any atom is -0.398 e. The molecule has 1 heterocycles. The summed E-state index contributed by atoms with van der Waals surface area (Å²) in [5, 5.41) is 3.73. The highest BCUT2D eigenvalue weighted by molar-refractivity contribution is 9.10. The van der Waals surface area contributed by atoms with Gasteiger partial charge in [-0.25, -0.2) is 4.98 Å². The van der Waals surface area contributed by atoms with Gasteiger partial charge in [-0.05, 0) is 33.6 Å². The van der Waals surface area contributed by atoms with Gasteiger partial charge in [0, 0.05) is 22.9 Å². The molecule has 0 aliphatic carbocycles. The van der Waals surface area contributed by atoms with Crippen molar-refractivity contribution >= 4 is 39.0 Å². The molecule has 88 valence electrons. The Kier molecular flexibility index (Phi) is 3.86. The van der Waals surface area contributed by atoms with Gasteiger partial charge in [0.1, 0.15) is 5.82 Å². The summed E-state index contributed by atoms with van der Waals surface area (Å²) in [4.78, 5) is 4.19. The first-order valence-corrected chi connectivity index (χ1v) is 6.22. The number of hydrogen-bond donors (Lipinski definition) is 2. The van der Waals surface area contributed by atoms with Crippen molar-refractivity contribution in [2.75, 3.05) is 11.1 Å². The first-order chi connectivity index (χ1) is 8.16. The summed E-state index contributed by atoms with van der Waals surface area (Å²) in [6.45, 7) is 0.598. The maximum atomic E-state index is 6.05. The summed E-state index contributed by atoms with van der Waals surface area (Å²) >= 11 is 9.36. The van der Waals surface area contributed by atoms with E-state index in [0.717, 1.165) is 15.7 Å². The fraction of sp³-hybridized carbons (Fsp3) is 0.0833. The number of nitrogens with two attached hydrogens (primary N) is 1. The second kappa shape index (κ2) is 5.38. The summed E-state index contributed by atoms with van der Waals surface area (Å²) in [7, 11) is 0. The van der Waals surface area contributed by atoms with E-state index in [9.17, 15) is 0 Å². The van der Waals surface area contributed by atoms with E-state index in [-0.39, 0.29) is 0 Å². The Morgan fingerprint density at radius 2 is 2.12 bits per heavy atom. The van der Waals surface area contributed by atoms with Crippen LogP contribution in [0.5, 0.6) is 0 Å². The van der Waals surface area contributed by atoms with Gasteiger partial charge in [0.05, 0.1) is 5.02 Å². The third kappa shape index (κ3) is 3.11. The van der Waals surface area contributed by atoms with Gasteiger partial charge in [0.2, 0.25) is 0 Å². The summed E-state index contributed by atoms with van der Waals surface area (Å²) in [6.07, 6.45) is 1.70. The molecule has 3 N–H and O–H groups in total. The minimum atomic E-state index is 0.578. The van der Waals surface area contributed by atoms with Gasteiger partial charge in [0.25, 0.3) is 0 Å². The number of para-hydroxylation sites is 1. The van der Waals surface area contributed by atoms with Crippen molar-refractivity contribution in [1.29, 1.82) is 0 Å². The molecule has 0 aliphatic rings. The smallest absolute Gasteiger partial charge is 0.145 e. The Labute approximate surface area is 113 Å². The normalized spacial score (nSPS) is 10.2. The molecule has 0 saturated heterocycles. The number of hydrogen-bond acceptors (Lipinski definition) is 3. The lowest BCUT2D eigenvalue weighted by atomic mass is 10.2. The Hall–Kier alpha value is -1.26. The number of benzene rings is 1. The molecule has 0 fully saturated rings. The van der Waals surface area contributed by atoms with Crippen LogP contribution in [-0.2, 0) is 6.54 Å². The third-order valence-electron chi connectivity index (χ3n) is 2.31. The van der Waals surface area contributed by atoms with Gasteiger partial charge >= 0.3 is 0 Å². The van der Waals surface area contributed by atoms with E-state index in [0.29, 0.717) is 17.4 Å². The average molecular weight is 313 g/mol. The number of nitrogens with one attached hydrogen (secondary N) is 1. The summed E-state index contributed by atoms with van der Waals surface area (Å²) in [6, 6.07) is 9.49. The largest absolute Gasteiger partial charge is 0.398 e. The molecule has 0 spiro atoms. The molecule has 2 aromatic rings. The number of anilines is 2. The fourth-order valence-corrected chi connectivity index (χ4v) is 2.12. The van der Waals surface area contributed by atoms with Crippen LogP contribution in [0.2, 0.25) is 5.02 Å². The van der Waals surface area contributed by atoms with E-state index in [2.05, 4.69) is 26.2 Å². The number of halogens is 2. The van der Waals surface area contributed by atoms with Crippen LogP contribution in [0.3, 0.4) is 0 Å². The van der Waals surface area contributed by atoms with Crippen LogP contribution in [0.4, 0.5) is 11.5 Å². The molecule has 1 aromatic heterocycles. The molecular weight excluding hydrogens is 302 g/mol. The Bertz CT molecular complexity index is 531. The van der Waals surface area contributed by atoms with E-state index in [1.54, 1.807) is 12.3 Å². The molecule has 17 heavy (non-hydrogen) atoms. The maximum Gasteiger partial charge on any atom is 0.145 e. The molecule has 1 aromatic carbocycles. The van der Waals surface area contributed by atoms with Gasteiger partial charge in [0.15, 0.2) is 0 Å². The van der Waals surface area contributed by atoms with Crippen LogP contribution in [0, 0.1) is 0 Å². The number of pyridine rings is 1. The van der Waals surface area contributed by atoms with Crippen molar-refractivity contribution in [3.63, 3.8) is 0 Å². The topological polar surface area (TPSA) is 50.9 Å². The Balaban J connectivity index is 2.10. The predicted molar refractivity (Wildman–Crippen MR) is 75.1 cm³/mol. The van der Waals surface area contributed by atoms with Crippen LogP contribution in [0.25, 0.3) is 0 Å². The quantitative estimate of drug-likeness (QED) is 0.850. The first-order valence-electron chi connectivity index (χ1n) is 5.05. The monoisotopic (exact) mass is 311 g/mol. The number of nitrogen functional groups attached to an aromatic ring is 1. The Morgan fingerprint density at radius 1 is 1.35 bits per heavy atom. The molecule has 0 aliphatic heterocycles. The number of nitrogens with zero attached hydrogens (tertiary/aromatic N) is 1. The van der Waals surface area contributed by atoms with Gasteiger partial charge in [-0.3, -0.25) is 0 Å². The van der Waals surface area contributed by atoms with Gasteiger partial charge < -0.3 is 11.1 Å². The van der Waals surface area contributed by atoms with Gasteiger partial charge in [-0.1, -0.05) is 29.8 Å². The van der Waals surface area contributed by atoms with Gasteiger partial charge in [-0.2, -0.15) is 0 Å². The molecule has 3 nitrogen and oxygen atoms in total. The molecular formula is C12H11BrClN3. The highest BCUT2D eigenvalue weighted by Gasteiger charge is 2.03. The van der Waals surface area contributed by atoms with Crippen LogP contribution < -0.4 is 11.1 Å². The molecule has 0 amide bonds. The number of rotatable bonds is 3. The van der Waals surface area contributed by atoms with Crippen molar-refractivity contribution in [3.05, 3.63) is 51.6 Å². The lowest BCUT2D eigenvalue weighted by molar-refractivity contribution is 1.11. The summed E-state index contributed by atoms with van der Waals surface area (Å²) in [5.41, 5.74) is 7.63. The minimum absolute atomic E-state index is 0.578. The lowest BCUT2D eigenvalue weighted by Gasteiger charge is -2.09. The van der Waals surface area contributed by atoms with Crippen molar-refractivity contribution in [2.24, 2.45) is 0 Å². The first kappa shape index (κ1) is 12.2. The molecule has 0 atom stereocenters. The SMILES string of the molecule is Nc1ccccc1CNc1ncc(Br)cc1Cl. The third-order valence-corrected chi connectivity index (χ3v) is 3.03. The molecule has 0 saturated carbocycles. The van der Waals surface area contributed by atoms with E-state index in [1.807, 2.05) is 24.3 Å². The van der Waals surface area contributed by atoms with E-state index in [4.69, 9.17) is 17.3 Å². The molecule has 5 heteroatoms. The van der Waals surface area contributed by atoms with Crippen molar-refractivity contribution in [2.45, 2.75) is 6.54 Å². The zero-order valence-electron chi connectivity index (χ0n) is 8.95. The zero-order chi connectivity index (χ0) is 12.3. The standard InChI is InChI=1S/C12H11BrClN3/c13-9-5-10(14)12(17-7-9)16-6-8-3-1-2-4-11(8)15/h1-5,7H,6,15H2,(H,16,17). The predicted octanol–water partition coefficient (Wildman–Crippen LogP) is 3.69. The second-order valence-electron chi connectivity index (χ2n) is 3.54. The number of aromatic nitrogens is 1.